The van der Waals surface area contributed by atoms with E-state index < -0.39 is 0 Å². The molecular formula is C15H21N3. The highest BCUT2D eigenvalue weighted by molar-refractivity contribution is 5.76. The van der Waals surface area contributed by atoms with Gasteiger partial charge in [0.1, 0.15) is 5.82 Å². The molecule has 0 radical (unpaired) electrons. The van der Waals surface area contributed by atoms with Crippen molar-refractivity contribution in [1.29, 1.82) is 0 Å². The molecule has 1 saturated carbocycles. The second kappa shape index (κ2) is 4.73. The van der Waals surface area contributed by atoms with E-state index in [0.29, 0.717) is 12.0 Å². The highest BCUT2D eigenvalue weighted by atomic mass is 15.1. The van der Waals surface area contributed by atoms with Gasteiger partial charge in [-0.25, -0.2) is 4.98 Å². The van der Waals surface area contributed by atoms with Gasteiger partial charge < -0.3 is 10.3 Å². The van der Waals surface area contributed by atoms with Crippen LogP contribution >= 0.6 is 0 Å². The molecule has 3 rings (SSSR count). The van der Waals surface area contributed by atoms with Gasteiger partial charge in [0, 0.05) is 12.0 Å². The van der Waals surface area contributed by atoms with Gasteiger partial charge in [-0.1, -0.05) is 19.1 Å². The van der Waals surface area contributed by atoms with E-state index in [1.807, 2.05) is 0 Å². The number of benzene rings is 1. The van der Waals surface area contributed by atoms with Crippen molar-refractivity contribution in [3.05, 3.63) is 30.1 Å². The summed E-state index contributed by atoms with van der Waals surface area (Å²) in [5.74, 6) is 1.76. The Morgan fingerprint density at radius 2 is 2.17 bits per heavy atom. The molecule has 18 heavy (non-hydrogen) atoms. The average molecular weight is 243 g/mol. The first-order valence-corrected chi connectivity index (χ1v) is 6.98. The van der Waals surface area contributed by atoms with E-state index in [4.69, 9.17) is 10.7 Å². The summed E-state index contributed by atoms with van der Waals surface area (Å²) >= 11 is 0. The number of aromatic nitrogens is 2. The third kappa shape index (κ3) is 2.03. The van der Waals surface area contributed by atoms with E-state index >= 15 is 0 Å². The maximum absolute atomic E-state index is 5.61. The van der Waals surface area contributed by atoms with Crippen molar-refractivity contribution in [3.8, 4) is 0 Å². The van der Waals surface area contributed by atoms with Crippen LogP contribution in [-0.2, 0) is 0 Å². The lowest BCUT2D eigenvalue weighted by Crippen LogP contribution is -2.08. The van der Waals surface area contributed by atoms with Crippen LogP contribution in [-0.4, -0.2) is 16.1 Å². The van der Waals surface area contributed by atoms with Crippen molar-refractivity contribution < 1.29 is 0 Å². The third-order valence-corrected chi connectivity index (χ3v) is 3.82. The van der Waals surface area contributed by atoms with Crippen molar-refractivity contribution in [2.75, 3.05) is 6.54 Å². The van der Waals surface area contributed by atoms with Crippen LogP contribution in [0.3, 0.4) is 0 Å². The molecule has 1 heterocycles. The molecule has 1 aliphatic carbocycles. The molecular weight excluding hydrogens is 222 g/mol. The maximum atomic E-state index is 5.61. The minimum atomic E-state index is 0.501. The number of nitrogens with two attached hydrogens (primary N) is 1. The van der Waals surface area contributed by atoms with Gasteiger partial charge in [-0.15, -0.1) is 0 Å². The predicted octanol–water partition coefficient (Wildman–Crippen LogP) is 3.21. The van der Waals surface area contributed by atoms with Crippen molar-refractivity contribution in [2.45, 2.75) is 44.6 Å². The molecule has 0 saturated heterocycles. The summed E-state index contributed by atoms with van der Waals surface area (Å²) in [6.45, 7) is 3.05. The van der Waals surface area contributed by atoms with Gasteiger partial charge in [-0.2, -0.15) is 0 Å². The van der Waals surface area contributed by atoms with E-state index in [9.17, 15) is 0 Å². The molecule has 1 aromatic carbocycles. The number of para-hydroxylation sites is 2. The maximum Gasteiger partial charge on any atom is 0.112 e. The van der Waals surface area contributed by atoms with E-state index in [-0.39, 0.29) is 0 Å². The van der Waals surface area contributed by atoms with Gasteiger partial charge in [0.05, 0.1) is 11.0 Å². The Labute approximate surface area is 108 Å². The van der Waals surface area contributed by atoms with Crippen LogP contribution in [0.25, 0.3) is 11.0 Å². The normalized spacial score (nSPS) is 17.2. The molecule has 96 valence electrons. The molecule has 3 nitrogen and oxygen atoms in total. The van der Waals surface area contributed by atoms with Gasteiger partial charge >= 0.3 is 0 Å². The summed E-state index contributed by atoms with van der Waals surface area (Å²) in [7, 11) is 0. The molecule has 0 bridgehead atoms. The molecule has 3 heteroatoms. The molecule has 1 aromatic heterocycles. The van der Waals surface area contributed by atoms with Crippen LogP contribution in [0.4, 0.5) is 0 Å². The smallest absolute Gasteiger partial charge is 0.112 e. The zero-order valence-electron chi connectivity index (χ0n) is 11.0. The van der Waals surface area contributed by atoms with Gasteiger partial charge in [-0.05, 0) is 44.4 Å². The largest absolute Gasteiger partial charge is 0.330 e. The first-order valence-electron chi connectivity index (χ1n) is 6.98. The van der Waals surface area contributed by atoms with E-state index in [2.05, 4.69) is 35.8 Å². The Kier molecular flexibility index (Phi) is 3.08. The second-order valence-electron chi connectivity index (χ2n) is 5.39. The van der Waals surface area contributed by atoms with Gasteiger partial charge in [-0.3, -0.25) is 0 Å². The molecule has 2 aromatic rings. The van der Waals surface area contributed by atoms with Crippen molar-refractivity contribution in [1.82, 2.24) is 9.55 Å². The monoisotopic (exact) mass is 243 g/mol. The molecule has 1 unspecified atom stereocenters. The fourth-order valence-corrected chi connectivity index (χ4v) is 2.68. The zero-order chi connectivity index (χ0) is 12.5. The van der Waals surface area contributed by atoms with Crippen molar-refractivity contribution in [2.24, 2.45) is 5.73 Å². The Morgan fingerprint density at radius 3 is 2.89 bits per heavy atom. The predicted molar refractivity (Wildman–Crippen MR) is 74.7 cm³/mol. The SMILES string of the molecule is CC(CCCN)c1nc2ccccc2n1C1CC1. The topological polar surface area (TPSA) is 43.8 Å². The van der Waals surface area contributed by atoms with Crippen LogP contribution in [0, 0.1) is 0 Å². The summed E-state index contributed by atoms with van der Waals surface area (Å²) in [6, 6.07) is 9.18. The van der Waals surface area contributed by atoms with E-state index in [1.165, 1.54) is 24.2 Å². The molecule has 2 N–H and O–H groups in total. The summed E-state index contributed by atoms with van der Waals surface area (Å²) in [5.41, 5.74) is 8.05. The minimum absolute atomic E-state index is 0.501. The quantitative estimate of drug-likeness (QED) is 0.876. The lowest BCUT2D eigenvalue weighted by Gasteiger charge is -2.13. The minimum Gasteiger partial charge on any atom is -0.330 e. The summed E-state index contributed by atoms with van der Waals surface area (Å²) in [6.07, 6.45) is 4.81. The van der Waals surface area contributed by atoms with E-state index in [0.717, 1.165) is 24.9 Å². The van der Waals surface area contributed by atoms with Gasteiger partial charge in [0.15, 0.2) is 0 Å². The van der Waals surface area contributed by atoms with Crippen LogP contribution in [0.5, 0.6) is 0 Å². The zero-order valence-corrected chi connectivity index (χ0v) is 11.0. The summed E-state index contributed by atoms with van der Waals surface area (Å²) in [4.78, 5) is 4.85. The fraction of sp³-hybridized carbons (Fsp3) is 0.533. The highest BCUT2D eigenvalue weighted by Crippen LogP contribution is 2.40. The number of hydrogen-bond donors (Lipinski definition) is 1. The van der Waals surface area contributed by atoms with Gasteiger partial charge in [0.25, 0.3) is 0 Å². The molecule has 0 amide bonds. The second-order valence-corrected chi connectivity index (χ2v) is 5.39. The number of hydrogen-bond acceptors (Lipinski definition) is 2. The van der Waals surface area contributed by atoms with Crippen LogP contribution in [0.1, 0.15) is 50.4 Å². The molecule has 1 aliphatic rings. The van der Waals surface area contributed by atoms with Crippen molar-refractivity contribution in [3.63, 3.8) is 0 Å². The molecule has 0 spiro atoms. The first-order chi connectivity index (χ1) is 8.81. The highest BCUT2D eigenvalue weighted by Gasteiger charge is 2.29. The molecule has 1 fully saturated rings. The number of nitrogens with zero attached hydrogens (tertiary/aromatic N) is 2. The van der Waals surface area contributed by atoms with E-state index in [1.54, 1.807) is 0 Å². The van der Waals surface area contributed by atoms with Crippen LogP contribution < -0.4 is 5.73 Å². The summed E-state index contributed by atoms with van der Waals surface area (Å²) in [5, 5.41) is 0. The fourth-order valence-electron chi connectivity index (χ4n) is 2.68. The lowest BCUT2D eigenvalue weighted by molar-refractivity contribution is 0.570. The van der Waals surface area contributed by atoms with Crippen LogP contribution in [0.2, 0.25) is 0 Å². The number of imidazole rings is 1. The van der Waals surface area contributed by atoms with Gasteiger partial charge in [0.2, 0.25) is 0 Å². The number of fused-ring (bicyclic) bond motifs is 1. The number of rotatable bonds is 5. The lowest BCUT2D eigenvalue weighted by atomic mass is 10.0. The summed E-state index contributed by atoms with van der Waals surface area (Å²) < 4.78 is 2.47. The Hall–Kier alpha value is -1.35. The third-order valence-electron chi connectivity index (χ3n) is 3.82. The van der Waals surface area contributed by atoms with Crippen molar-refractivity contribution >= 4 is 11.0 Å². The van der Waals surface area contributed by atoms with Crippen LogP contribution in [0.15, 0.2) is 24.3 Å². The Morgan fingerprint density at radius 1 is 1.39 bits per heavy atom. The average Bonchev–Trinajstić information content (AvgIpc) is 3.15. The molecule has 0 aliphatic heterocycles. The first kappa shape index (κ1) is 11.7. The molecule has 1 atom stereocenters. The Balaban J connectivity index is 2.01. The Bertz CT molecular complexity index is 540. The standard InChI is InChI=1S/C15H21N3/c1-11(5-4-10-16)15-17-13-6-2-3-7-14(13)18(15)12-8-9-12/h2-3,6-7,11-12H,4-5,8-10,16H2,1H3.